The van der Waals surface area contributed by atoms with E-state index in [4.69, 9.17) is 4.74 Å². The lowest BCUT2D eigenvalue weighted by molar-refractivity contribution is -0.123. The molecule has 0 unspecified atom stereocenters. The van der Waals surface area contributed by atoms with E-state index >= 15 is 0 Å². The molecule has 4 aromatic rings. The van der Waals surface area contributed by atoms with Crippen LogP contribution in [0.2, 0.25) is 0 Å². The van der Waals surface area contributed by atoms with Gasteiger partial charge in [-0.2, -0.15) is 10.2 Å². The van der Waals surface area contributed by atoms with Gasteiger partial charge in [-0.05, 0) is 37.6 Å². The van der Waals surface area contributed by atoms with Crippen molar-refractivity contribution >= 4 is 12.1 Å². The molecule has 160 valence electrons. The number of rotatable bonds is 7. The van der Waals surface area contributed by atoms with Crippen LogP contribution in [0.3, 0.4) is 0 Å². The van der Waals surface area contributed by atoms with E-state index in [1.165, 1.54) is 0 Å². The number of nitrogens with zero attached hydrogens (tertiary/aromatic N) is 3. The summed E-state index contributed by atoms with van der Waals surface area (Å²) in [6.07, 6.45) is 1.62. The van der Waals surface area contributed by atoms with Gasteiger partial charge >= 0.3 is 0 Å². The third kappa shape index (κ3) is 4.75. The first-order valence-corrected chi connectivity index (χ1v) is 10.3. The number of hydrogen-bond acceptors (Lipinski definition) is 4. The van der Waals surface area contributed by atoms with Crippen LogP contribution in [0.4, 0.5) is 0 Å². The van der Waals surface area contributed by atoms with Crippen LogP contribution in [0.15, 0.2) is 90.0 Å². The summed E-state index contributed by atoms with van der Waals surface area (Å²) in [6.45, 7) is 3.75. The Balaban J connectivity index is 1.39. The van der Waals surface area contributed by atoms with E-state index in [2.05, 4.69) is 15.6 Å². The lowest BCUT2D eigenvalue weighted by Gasteiger charge is -2.10. The maximum Gasteiger partial charge on any atom is 0.277 e. The quantitative estimate of drug-likeness (QED) is 0.346. The van der Waals surface area contributed by atoms with E-state index in [0.29, 0.717) is 5.75 Å². The lowest BCUT2D eigenvalue weighted by Crippen LogP contribution is -2.24. The minimum absolute atomic E-state index is 0.136. The molecule has 1 amide bonds. The SMILES string of the molecule is Cc1nn(-c2ccccc2)c(C)c1/C=N/NC(=O)COc1ccccc1-c1ccccc1. The zero-order chi connectivity index (χ0) is 22.3. The van der Waals surface area contributed by atoms with Crippen LogP contribution < -0.4 is 10.2 Å². The predicted molar refractivity (Wildman–Crippen MR) is 126 cm³/mol. The molecule has 0 bridgehead atoms. The third-order valence-electron chi connectivity index (χ3n) is 5.06. The number of carbonyl (C=O) groups is 1. The van der Waals surface area contributed by atoms with Crippen LogP contribution in [0.5, 0.6) is 5.75 Å². The van der Waals surface area contributed by atoms with Crippen LogP contribution in [0.1, 0.15) is 17.0 Å². The Labute approximate surface area is 187 Å². The highest BCUT2D eigenvalue weighted by molar-refractivity contribution is 5.85. The van der Waals surface area contributed by atoms with Crippen molar-refractivity contribution in [1.29, 1.82) is 0 Å². The van der Waals surface area contributed by atoms with Gasteiger partial charge in [0.05, 0.1) is 23.3 Å². The van der Waals surface area contributed by atoms with E-state index in [1.54, 1.807) is 6.21 Å². The summed E-state index contributed by atoms with van der Waals surface area (Å²) in [5.74, 6) is 0.309. The summed E-state index contributed by atoms with van der Waals surface area (Å²) < 4.78 is 7.63. The number of hydrazone groups is 1. The number of aromatic nitrogens is 2. The fourth-order valence-corrected chi connectivity index (χ4v) is 3.46. The summed E-state index contributed by atoms with van der Waals surface area (Å²) in [5, 5.41) is 8.69. The Morgan fingerprint density at radius 1 is 0.969 bits per heavy atom. The summed E-state index contributed by atoms with van der Waals surface area (Å²) in [4.78, 5) is 12.3. The van der Waals surface area contributed by atoms with Crippen LogP contribution in [-0.2, 0) is 4.79 Å². The molecule has 0 aliphatic carbocycles. The van der Waals surface area contributed by atoms with Crippen molar-refractivity contribution in [1.82, 2.24) is 15.2 Å². The molecular weight excluding hydrogens is 400 g/mol. The number of ether oxygens (including phenoxy) is 1. The normalized spacial score (nSPS) is 10.9. The van der Waals surface area contributed by atoms with Gasteiger partial charge in [0, 0.05) is 11.1 Å². The topological polar surface area (TPSA) is 68.5 Å². The van der Waals surface area contributed by atoms with Crippen molar-refractivity contribution in [2.75, 3.05) is 6.61 Å². The Kier molecular flexibility index (Phi) is 6.41. The van der Waals surface area contributed by atoms with Gasteiger partial charge in [0.2, 0.25) is 0 Å². The van der Waals surface area contributed by atoms with E-state index in [9.17, 15) is 4.79 Å². The summed E-state index contributed by atoms with van der Waals surface area (Å²) in [6, 6.07) is 27.5. The molecule has 0 radical (unpaired) electrons. The maximum absolute atomic E-state index is 12.3. The molecule has 0 atom stereocenters. The molecule has 4 rings (SSSR count). The van der Waals surface area contributed by atoms with Gasteiger partial charge in [0.15, 0.2) is 6.61 Å². The summed E-state index contributed by atoms with van der Waals surface area (Å²) >= 11 is 0. The number of benzene rings is 3. The highest BCUT2D eigenvalue weighted by Crippen LogP contribution is 2.29. The molecular formula is C26H24N4O2. The van der Waals surface area contributed by atoms with Crippen molar-refractivity contribution in [2.45, 2.75) is 13.8 Å². The Morgan fingerprint density at radius 3 is 2.38 bits per heavy atom. The standard InChI is InChI=1S/C26H24N4O2/c1-19-24(20(2)30(29-19)22-13-7-4-8-14-22)17-27-28-26(31)18-32-25-16-10-9-15-23(25)21-11-5-3-6-12-21/h3-17H,18H2,1-2H3,(H,28,31)/b27-17+. The zero-order valence-corrected chi connectivity index (χ0v) is 18.0. The average molecular weight is 425 g/mol. The van der Waals surface area contributed by atoms with E-state index in [1.807, 2.05) is 103 Å². The molecule has 0 spiro atoms. The first kappa shape index (κ1) is 21.1. The Bertz CT molecular complexity index is 1230. The molecule has 3 aromatic carbocycles. The zero-order valence-electron chi connectivity index (χ0n) is 18.0. The minimum atomic E-state index is -0.338. The van der Waals surface area contributed by atoms with Crippen LogP contribution in [0.25, 0.3) is 16.8 Å². The molecule has 0 saturated heterocycles. The van der Waals surface area contributed by atoms with Crippen LogP contribution >= 0.6 is 0 Å². The number of carbonyl (C=O) groups excluding carboxylic acids is 1. The van der Waals surface area contributed by atoms with E-state index < -0.39 is 0 Å². The maximum atomic E-state index is 12.3. The van der Waals surface area contributed by atoms with Crippen molar-refractivity contribution in [2.24, 2.45) is 5.10 Å². The third-order valence-corrected chi connectivity index (χ3v) is 5.06. The number of para-hydroxylation sites is 2. The first-order valence-electron chi connectivity index (χ1n) is 10.3. The van der Waals surface area contributed by atoms with Crippen molar-refractivity contribution in [3.8, 4) is 22.6 Å². The molecule has 0 saturated carbocycles. The molecule has 0 aliphatic heterocycles. The minimum Gasteiger partial charge on any atom is -0.483 e. The fraction of sp³-hybridized carbons (Fsp3) is 0.115. The monoisotopic (exact) mass is 424 g/mol. The number of hydrogen-bond donors (Lipinski definition) is 1. The predicted octanol–water partition coefficient (Wildman–Crippen LogP) is 4.69. The first-order chi connectivity index (χ1) is 15.6. The highest BCUT2D eigenvalue weighted by atomic mass is 16.5. The van der Waals surface area contributed by atoms with Gasteiger partial charge in [-0.3, -0.25) is 4.79 Å². The molecule has 1 N–H and O–H groups in total. The summed E-state index contributed by atoms with van der Waals surface area (Å²) in [5.41, 5.74) is 8.11. The summed E-state index contributed by atoms with van der Waals surface area (Å²) in [7, 11) is 0. The van der Waals surface area contributed by atoms with Crippen LogP contribution in [-0.4, -0.2) is 28.5 Å². The van der Waals surface area contributed by atoms with Gasteiger partial charge in [0.1, 0.15) is 5.75 Å². The number of nitrogens with one attached hydrogen (secondary N) is 1. The van der Waals surface area contributed by atoms with Gasteiger partial charge in [-0.25, -0.2) is 10.1 Å². The van der Waals surface area contributed by atoms with Gasteiger partial charge in [-0.1, -0.05) is 66.7 Å². The second-order valence-corrected chi connectivity index (χ2v) is 7.28. The Morgan fingerprint density at radius 2 is 1.62 bits per heavy atom. The Hall–Kier alpha value is -4.19. The molecule has 6 nitrogen and oxygen atoms in total. The highest BCUT2D eigenvalue weighted by Gasteiger charge is 2.11. The van der Waals surface area contributed by atoms with Crippen molar-refractivity contribution in [3.63, 3.8) is 0 Å². The average Bonchev–Trinajstić information content (AvgIpc) is 3.12. The number of amides is 1. The lowest BCUT2D eigenvalue weighted by atomic mass is 10.1. The smallest absolute Gasteiger partial charge is 0.277 e. The molecule has 32 heavy (non-hydrogen) atoms. The van der Waals surface area contributed by atoms with Crippen LogP contribution in [0, 0.1) is 13.8 Å². The van der Waals surface area contributed by atoms with E-state index in [-0.39, 0.29) is 12.5 Å². The fourth-order valence-electron chi connectivity index (χ4n) is 3.46. The molecule has 6 heteroatoms. The van der Waals surface area contributed by atoms with E-state index in [0.717, 1.165) is 33.8 Å². The second-order valence-electron chi connectivity index (χ2n) is 7.28. The number of aryl methyl sites for hydroxylation is 1. The largest absolute Gasteiger partial charge is 0.483 e. The van der Waals surface area contributed by atoms with Crippen molar-refractivity contribution in [3.05, 3.63) is 102 Å². The second kappa shape index (κ2) is 9.75. The van der Waals surface area contributed by atoms with Crippen molar-refractivity contribution < 1.29 is 9.53 Å². The molecule has 0 fully saturated rings. The van der Waals surface area contributed by atoms with Gasteiger partial charge in [0.25, 0.3) is 5.91 Å². The van der Waals surface area contributed by atoms with Gasteiger partial charge in [-0.15, -0.1) is 0 Å². The molecule has 1 aromatic heterocycles. The molecule has 1 heterocycles. The van der Waals surface area contributed by atoms with Gasteiger partial charge < -0.3 is 4.74 Å². The molecule has 0 aliphatic rings.